The first-order chi connectivity index (χ1) is 12.1. The van der Waals surface area contributed by atoms with Gasteiger partial charge < -0.3 is 0 Å². The number of rotatable bonds is 2. The summed E-state index contributed by atoms with van der Waals surface area (Å²) in [6.45, 7) is 8.62. The molecule has 3 heteroatoms. The molecule has 0 aliphatic heterocycles. The van der Waals surface area contributed by atoms with Crippen LogP contribution in [0.5, 0.6) is 0 Å². The first-order valence-electron chi connectivity index (χ1n) is 9.12. The zero-order chi connectivity index (χ0) is 18.9. The van der Waals surface area contributed by atoms with Crippen molar-refractivity contribution < 1.29 is 15.7 Å². The molecule has 0 heterocycles. The Bertz CT molecular complexity index is 987. The molecular formula is C23H24Cl2Hf. The van der Waals surface area contributed by atoms with Gasteiger partial charge in [0.15, 0.2) is 0 Å². The van der Waals surface area contributed by atoms with Gasteiger partial charge in [0.05, 0.1) is 0 Å². The number of halogens is 2. The fourth-order valence-electron chi connectivity index (χ4n) is 4.73. The molecule has 0 bridgehead atoms. The van der Waals surface area contributed by atoms with Crippen LogP contribution in [0.3, 0.4) is 0 Å². The first-order valence-corrected chi connectivity index (χ1v) is 24.7. The molecule has 4 rings (SSSR count). The van der Waals surface area contributed by atoms with Gasteiger partial charge in [0.1, 0.15) is 0 Å². The molecule has 2 unspecified atom stereocenters. The third kappa shape index (κ3) is 2.54. The van der Waals surface area contributed by atoms with Crippen LogP contribution < -0.4 is 0 Å². The Labute approximate surface area is 164 Å². The van der Waals surface area contributed by atoms with E-state index in [2.05, 4.69) is 80.5 Å². The van der Waals surface area contributed by atoms with Gasteiger partial charge in [-0.15, -0.1) is 0 Å². The molecule has 0 spiro atoms. The van der Waals surface area contributed by atoms with Crippen LogP contribution in [0.2, 0.25) is 0 Å². The number of fused-ring (bicyclic) bond motifs is 2. The van der Waals surface area contributed by atoms with Crippen LogP contribution in [0, 0.1) is 27.7 Å². The average Bonchev–Trinajstić information content (AvgIpc) is 3.20. The van der Waals surface area contributed by atoms with Gasteiger partial charge in [0.2, 0.25) is 0 Å². The summed E-state index contributed by atoms with van der Waals surface area (Å²) in [5, 5.41) is 0. The minimum atomic E-state index is -4.64. The molecule has 26 heavy (non-hydrogen) atoms. The van der Waals surface area contributed by atoms with Crippen molar-refractivity contribution in [2.75, 3.05) is 0 Å². The second kappa shape index (κ2) is 5.87. The Hall–Kier alpha value is -0.760. The fraction of sp³-hybridized carbons (Fsp3) is 0.261. The second-order valence-corrected chi connectivity index (χ2v) is 38.4. The van der Waals surface area contributed by atoms with E-state index in [9.17, 15) is 0 Å². The van der Waals surface area contributed by atoms with Crippen molar-refractivity contribution in [3.8, 4) is 0 Å². The van der Waals surface area contributed by atoms with Crippen LogP contribution in [0.15, 0.2) is 36.4 Å². The Balaban J connectivity index is 1.93. The van der Waals surface area contributed by atoms with Crippen molar-refractivity contribution in [2.45, 2.75) is 35.0 Å². The topological polar surface area (TPSA) is 0 Å². The molecule has 0 saturated heterocycles. The molecule has 0 saturated carbocycles. The number of aryl methyl sites for hydroxylation is 4. The number of allylic oxidation sites excluding steroid dienone is 2. The SMILES string of the molecule is [CH2]=[Hf]([Cl])([Cl])([CH]1C=Cc2c(C)ccc(C)c21)[CH]1C=Cc2c(C)ccc(C)c21. The molecule has 2 aliphatic carbocycles. The fourth-order valence-corrected chi connectivity index (χ4v) is 22.6. The van der Waals surface area contributed by atoms with Crippen molar-refractivity contribution in [2.24, 2.45) is 0 Å². The molecule has 0 aromatic heterocycles. The molecule has 0 fully saturated rings. The number of hydrogen-bond acceptors (Lipinski definition) is 0. The van der Waals surface area contributed by atoms with Crippen LogP contribution in [0.4, 0.5) is 0 Å². The normalized spacial score (nSPS) is 21.2. The Morgan fingerprint density at radius 1 is 0.692 bits per heavy atom. The number of benzene rings is 2. The summed E-state index contributed by atoms with van der Waals surface area (Å²) in [4.78, 5) is 0. The monoisotopic (exact) mass is 550 g/mol. The summed E-state index contributed by atoms with van der Waals surface area (Å²) in [5.74, 6) is 0. The van der Waals surface area contributed by atoms with Crippen LogP contribution in [-0.2, 0) is 15.7 Å². The molecule has 0 nitrogen and oxygen atoms in total. The zero-order valence-electron chi connectivity index (χ0n) is 15.7. The van der Waals surface area contributed by atoms with Crippen LogP contribution in [-0.4, -0.2) is 4.26 Å². The van der Waals surface area contributed by atoms with Crippen LogP contribution in [0.1, 0.15) is 51.9 Å². The Kier molecular flexibility index (Phi) is 4.20. The average molecular weight is 550 g/mol. The summed E-state index contributed by atoms with van der Waals surface area (Å²) < 4.78 is 4.75. The van der Waals surface area contributed by atoms with Crippen LogP contribution in [0.25, 0.3) is 12.2 Å². The van der Waals surface area contributed by atoms with Crippen molar-refractivity contribution in [3.05, 3.63) is 80.9 Å². The third-order valence-electron chi connectivity index (χ3n) is 6.25. The van der Waals surface area contributed by atoms with Gasteiger partial charge >= 0.3 is 165 Å². The molecule has 0 amide bonds. The van der Waals surface area contributed by atoms with Crippen molar-refractivity contribution in [1.82, 2.24) is 0 Å². The first kappa shape index (κ1) is 18.6. The predicted octanol–water partition coefficient (Wildman–Crippen LogP) is 7.19. The van der Waals surface area contributed by atoms with E-state index in [4.69, 9.17) is 17.2 Å². The van der Waals surface area contributed by atoms with E-state index in [0.29, 0.717) is 0 Å². The van der Waals surface area contributed by atoms with Gasteiger partial charge in [-0.1, -0.05) is 0 Å². The minimum absolute atomic E-state index is 0.0470. The summed E-state index contributed by atoms with van der Waals surface area (Å²) >= 11 is -4.64. The maximum absolute atomic E-state index is 7.48. The summed E-state index contributed by atoms with van der Waals surface area (Å²) in [5.41, 5.74) is 10.2. The molecule has 2 aromatic carbocycles. The Morgan fingerprint density at radius 3 is 1.42 bits per heavy atom. The van der Waals surface area contributed by atoms with Crippen LogP contribution >= 0.6 is 17.2 Å². The van der Waals surface area contributed by atoms with E-state index in [0.717, 1.165) is 0 Å². The molecule has 2 aliphatic rings. The third-order valence-corrected chi connectivity index (χ3v) is 26.5. The van der Waals surface area contributed by atoms with E-state index in [-0.39, 0.29) is 7.35 Å². The molecule has 2 atom stereocenters. The molecule has 0 radical (unpaired) electrons. The molecule has 2 aromatic rings. The number of hydrogen-bond donors (Lipinski definition) is 0. The van der Waals surface area contributed by atoms with E-state index in [1.807, 2.05) is 0 Å². The van der Waals surface area contributed by atoms with E-state index in [1.165, 1.54) is 44.5 Å². The molecular weight excluding hydrogens is 526 g/mol. The van der Waals surface area contributed by atoms with E-state index < -0.39 is 15.7 Å². The summed E-state index contributed by atoms with van der Waals surface area (Å²) in [7, 11) is 15.0. The quantitative estimate of drug-likeness (QED) is 0.348. The summed E-state index contributed by atoms with van der Waals surface area (Å²) in [6.07, 6.45) is 8.86. The predicted molar refractivity (Wildman–Crippen MR) is 114 cm³/mol. The van der Waals surface area contributed by atoms with E-state index in [1.54, 1.807) is 0 Å². The van der Waals surface area contributed by atoms with Crippen molar-refractivity contribution >= 4 is 33.6 Å². The van der Waals surface area contributed by atoms with Gasteiger partial charge in [-0.2, -0.15) is 0 Å². The standard InChI is InChI=1S/2C11H11.CH2.2ClH.Hf/c2*1-8-6-7-9(2)11-5-3-4-10(8)11;;;;/h2*3-7H,1-2H3;1H2;2*1H;/q;;;;;+2/p-2. The van der Waals surface area contributed by atoms with Gasteiger partial charge in [-0.05, 0) is 0 Å². The van der Waals surface area contributed by atoms with Gasteiger partial charge in [0, 0.05) is 0 Å². The van der Waals surface area contributed by atoms with Crippen molar-refractivity contribution in [1.29, 1.82) is 0 Å². The van der Waals surface area contributed by atoms with Gasteiger partial charge in [-0.3, -0.25) is 0 Å². The zero-order valence-corrected chi connectivity index (χ0v) is 20.8. The molecule has 0 N–H and O–H groups in total. The van der Waals surface area contributed by atoms with Crippen molar-refractivity contribution in [3.63, 3.8) is 0 Å². The van der Waals surface area contributed by atoms with Gasteiger partial charge in [-0.25, -0.2) is 0 Å². The maximum atomic E-state index is 7.48. The second-order valence-electron chi connectivity index (χ2n) is 8.08. The van der Waals surface area contributed by atoms with Gasteiger partial charge in [0.25, 0.3) is 0 Å². The Morgan fingerprint density at radius 2 is 1.04 bits per heavy atom. The summed E-state index contributed by atoms with van der Waals surface area (Å²) in [6, 6.07) is 8.72. The molecule has 134 valence electrons. The van der Waals surface area contributed by atoms with E-state index >= 15 is 0 Å².